The van der Waals surface area contributed by atoms with Gasteiger partial charge in [-0.05, 0) is 32.9 Å². The minimum absolute atomic E-state index is 0.126. The van der Waals surface area contributed by atoms with Crippen LogP contribution in [0.3, 0.4) is 0 Å². The number of alkyl carbamates (subject to hydrolysis) is 1. The largest absolute Gasteiger partial charge is 0.444 e. The van der Waals surface area contributed by atoms with Crippen molar-refractivity contribution in [2.24, 2.45) is 0 Å². The van der Waals surface area contributed by atoms with Gasteiger partial charge in [-0.2, -0.15) is 0 Å². The fourth-order valence-electron chi connectivity index (χ4n) is 1.65. The Bertz CT molecular complexity index is 571. The van der Waals surface area contributed by atoms with E-state index < -0.39 is 11.7 Å². The van der Waals surface area contributed by atoms with Crippen molar-refractivity contribution in [3.05, 3.63) is 35.4 Å². The van der Waals surface area contributed by atoms with Gasteiger partial charge >= 0.3 is 6.09 Å². The summed E-state index contributed by atoms with van der Waals surface area (Å²) in [5.41, 5.74) is 1.07. The van der Waals surface area contributed by atoms with Gasteiger partial charge in [0.25, 0.3) is 0 Å². The van der Waals surface area contributed by atoms with Gasteiger partial charge in [0, 0.05) is 30.5 Å². The van der Waals surface area contributed by atoms with E-state index in [1.165, 1.54) is 0 Å². The van der Waals surface area contributed by atoms with E-state index in [-0.39, 0.29) is 5.78 Å². The summed E-state index contributed by atoms with van der Waals surface area (Å²) in [5.74, 6) is 6.10. The lowest BCUT2D eigenvalue weighted by Gasteiger charge is -2.19. The number of amides is 1. The lowest BCUT2D eigenvalue weighted by molar-refractivity contribution is 0.0529. The fraction of sp³-hybridized carbons (Fsp3) is 0.444. The number of Topliss-reactive ketones (excluding diaryl/α,β-unsaturated/α-hetero) is 1. The summed E-state index contributed by atoms with van der Waals surface area (Å²) < 4.78 is 5.12. The number of rotatable bonds is 4. The molecule has 4 nitrogen and oxygen atoms in total. The topological polar surface area (TPSA) is 55.4 Å². The van der Waals surface area contributed by atoms with Gasteiger partial charge in [0.15, 0.2) is 5.78 Å². The van der Waals surface area contributed by atoms with E-state index in [9.17, 15) is 9.59 Å². The number of benzene rings is 1. The third-order valence-electron chi connectivity index (χ3n) is 2.68. The van der Waals surface area contributed by atoms with Crippen molar-refractivity contribution in [1.29, 1.82) is 0 Å². The summed E-state index contributed by atoms with van der Waals surface area (Å²) in [6.07, 6.45) is 0.604. The molecule has 0 heterocycles. The first-order chi connectivity index (χ1) is 10.3. The van der Waals surface area contributed by atoms with Crippen LogP contribution in [-0.2, 0) is 4.74 Å². The Hall–Kier alpha value is -2.28. The highest BCUT2D eigenvalue weighted by Crippen LogP contribution is 2.07. The minimum Gasteiger partial charge on any atom is -0.444 e. The number of carbonyl (C=O) groups is 2. The van der Waals surface area contributed by atoms with Crippen LogP contribution in [0.5, 0.6) is 0 Å². The second-order valence-electron chi connectivity index (χ2n) is 5.83. The lowest BCUT2D eigenvalue weighted by atomic mass is 10.1. The van der Waals surface area contributed by atoms with Crippen molar-refractivity contribution in [2.45, 2.75) is 46.1 Å². The van der Waals surface area contributed by atoms with Crippen LogP contribution in [0.15, 0.2) is 24.3 Å². The molecule has 0 unspecified atom stereocenters. The van der Waals surface area contributed by atoms with Gasteiger partial charge in [-0.15, -0.1) is 0 Å². The zero-order valence-electron chi connectivity index (χ0n) is 13.7. The summed E-state index contributed by atoms with van der Waals surface area (Å²) in [6.45, 7) is 7.74. The molecular formula is C18H23NO3. The van der Waals surface area contributed by atoms with E-state index in [0.29, 0.717) is 24.9 Å². The molecule has 1 amide bonds. The maximum atomic E-state index is 11.5. The molecule has 0 aliphatic rings. The molecule has 0 aliphatic heterocycles. The van der Waals surface area contributed by atoms with Gasteiger partial charge in [0.1, 0.15) is 5.60 Å². The molecule has 1 aromatic rings. The number of carbonyl (C=O) groups excluding carboxylic acids is 2. The second-order valence-corrected chi connectivity index (χ2v) is 5.83. The molecule has 0 aromatic heterocycles. The van der Waals surface area contributed by atoms with E-state index in [1.807, 2.05) is 39.8 Å². The van der Waals surface area contributed by atoms with E-state index in [2.05, 4.69) is 17.2 Å². The average molecular weight is 301 g/mol. The van der Waals surface area contributed by atoms with Crippen LogP contribution in [0.2, 0.25) is 0 Å². The zero-order chi connectivity index (χ0) is 16.6. The molecule has 0 bridgehead atoms. The highest BCUT2D eigenvalue weighted by Gasteiger charge is 2.15. The highest BCUT2D eigenvalue weighted by atomic mass is 16.6. The molecule has 0 aliphatic carbocycles. The van der Waals surface area contributed by atoms with Crippen LogP contribution < -0.4 is 5.32 Å². The highest BCUT2D eigenvalue weighted by molar-refractivity contribution is 5.95. The second kappa shape index (κ2) is 8.23. The Morgan fingerprint density at radius 2 is 1.82 bits per heavy atom. The first-order valence-corrected chi connectivity index (χ1v) is 7.41. The Kier molecular flexibility index (Phi) is 6.65. The normalized spacial score (nSPS) is 10.4. The van der Waals surface area contributed by atoms with Gasteiger partial charge < -0.3 is 10.1 Å². The minimum atomic E-state index is -0.493. The third-order valence-corrected chi connectivity index (χ3v) is 2.68. The number of ketones is 1. The molecule has 0 atom stereocenters. The Balaban J connectivity index is 2.39. The van der Waals surface area contributed by atoms with Crippen molar-refractivity contribution in [3.8, 4) is 11.8 Å². The van der Waals surface area contributed by atoms with Crippen LogP contribution in [0.1, 0.15) is 56.5 Å². The predicted octanol–water partition coefficient (Wildman–Crippen LogP) is 3.55. The monoisotopic (exact) mass is 301 g/mol. The molecule has 118 valence electrons. The third kappa shape index (κ3) is 6.94. The van der Waals surface area contributed by atoms with Crippen LogP contribution in [0.25, 0.3) is 0 Å². The van der Waals surface area contributed by atoms with Gasteiger partial charge in [0.2, 0.25) is 0 Å². The average Bonchev–Trinajstić information content (AvgIpc) is 2.45. The zero-order valence-corrected chi connectivity index (χ0v) is 13.7. The summed E-state index contributed by atoms with van der Waals surface area (Å²) in [7, 11) is 0. The molecule has 1 N–H and O–H groups in total. The summed E-state index contributed by atoms with van der Waals surface area (Å²) in [5, 5.41) is 2.65. The SMILES string of the molecule is CCC(=O)c1ccc(C#CCCNC(=O)OC(C)(C)C)cc1. The summed E-state index contributed by atoms with van der Waals surface area (Å²) in [6, 6.07) is 7.23. The van der Waals surface area contributed by atoms with E-state index in [0.717, 1.165) is 5.56 Å². The van der Waals surface area contributed by atoms with Crippen molar-refractivity contribution >= 4 is 11.9 Å². The maximum absolute atomic E-state index is 11.5. The number of hydrogen-bond donors (Lipinski definition) is 1. The summed E-state index contributed by atoms with van der Waals surface area (Å²) >= 11 is 0. The standard InChI is InChI=1S/C18H23NO3/c1-5-16(20)15-11-9-14(10-12-15)8-6-7-13-19-17(21)22-18(2,3)4/h9-12H,5,7,13H2,1-4H3,(H,19,21). The molecule has 1 rings (SSSR count). The maximum Gasteiger partial charge on any atom is 0.407 e. The Morgan fingerprint density at radius 1 is 1.18 bits per heavy atom. The van der Waals surface area contributed by atoms with Gasteiger partial charge in [-0.3, -0.25) is 4.79 Å². The Labute approximate surface area is 132 Å². The molecular weight excluding hydrogens is 278 g/mol. The first-order valence-electron chi connectivity index (χ1n) is 7.41. The van der Waals surface area contributed by atoms with Crippen molar-refractivity contribution in [2.75, 3.05) is 6.54 Å². The predicted molar refractivity (Wildman–Crippen MR) is 86.8 cm³/mol. The molecule has 0 fully saturated rings. The Morgan fingerprint density at radius 3 is 2.36 bits per heavy atom. The van der Waals surface area contributed by atoms with Crippen LogP contribution in [0, 0.1) is 11.8 Å². The molecule has 0 saturated heterocycles. The fourth-order valence-corrected chi connectivity index (χ4v) is 1.65. The number of hydrogen-bond acceptors (Lipinski definition) is 3. The van der Waals surface area contributed by atoms with E-state index in [4.69, 9.17) is 4.74 Å². The molecule has 0 radical (unpaired) electrons. The smallest absolute Gasteiger partial charge is 0.407 e. The molecule has 0 saturated carbocycles. The first kappa shape index (κ1) is 17.8. The molecule has 0 spiro atoms. The van der Waals surface area contributed by atoms with Crippen LogP contribution >= 0.6 is 0 Å². The summed E-state index contributed by atoms with van der Waals surface area (Å²) in [4.78, 5) is 22.9. The number of nitrogens with one attached hydrogen (secondary N) is 1. The van der Waals surface area contributed by atoms with E-state index >= 15 is 0 Å². The number of ether oxygens (including phenoxy) is 1. The lowest BCUT2D eigenvalue weighted by Crippen LogP contribution is -2.32. The van der Waals surface area contributed by atoms with Crippen molar-refractivity contribution in [3.63, 3.8) is 0 Å². The van der Waals surface area contributed by atoms with Gasteiger partial charge in [-0.25, -0.2) is 4.79 Å². The quantitative estimate of drug-likeness (QED) is 0.526. The van der Waals surface area contributed by atoms with Gasteiger partial charge in [-0.1, -0.05) is 30.9 Å². The molecule has 1 aromatic carbocycles. The molecule has 4 heteroatoms. The van der Waals surface area contributed by atoms with Crippen LogP contribution in [0.4, 0.5) is 4.79 Å². The van der Waals surface area contributed by atoms with Crippen LogP contribution in [-0.4, -0.2) is 24.0 Å². The van der Waals surface area contributed by atoms with Crippen molar-refractivity contribution < 1.29 is 14.3 Å². The van der Waals surface area contributed by atoms with Gasteiger partial charge in [0.05, 0.1) is 0 Å². The van der Waals surface area contributed by atoms with E-state index in [1.54, 1.807) is 12.1 Å². The van der Waals surface area contributed by atoms with Crippen molar-refractivity contribution in [1.82, 2.24) is 5.32 Å². The molecule has 22 heavy (non-hydrogen) atoms.